The summed E-state index contributed by atoms with van der Waals surface area (Å²) in [5.74, 6) is 0.526. The fourth-order valence-electron chi connectivity index (χ4n) is 3.82. The largest absolute Gasteiger partial charge is 0.488 e. The molecule has 0 atom stereocenters. The maximum Gasteiger partial charge on any atom is 0.345 e. The summed E-state index contributed by atoms with van der Waals surface area (Å²) in [6, 6.07) is 10.8. The number of aromatic nitrogens is 4. The van der Waals surface area contributed by atoms with Crippen LogP contribution in [0.25, 0.3) is 10.9 Å². The molecule has 0 aliphatic carbocycles. The number of rotatable bonds is 11. The fraction of sp³-hybridized carbons (Fsp3) is 0.318. The van der Waals surface area contributed by atoms with E-state index in [4.69, 9.17) is 16.3 Å². The summed E-state index contributed by atoms with van der Waals surface area (Å²) in [7, 11) is -4.00. The number of anilines is 2. The van der Waals surface area contributed by atoms with Gasteiger partial charge in [-0.05, 0) is 56.7 Å². The third-order valence-electron chi connectivity index (χ3n) is 5.72. The second-order valence-corrected chi connectivity index (χ2v) is 10.8. The fourth-order valence-corrected chi connectivity index (χ4v) is 5.69. The molecule has 10 nitrogen and oxygen atoms in total. The molecule has 3 heterocycles. The summed E-state index contributed by atoms with van der Waals surface area (Å²) >= 11 is 7.17. The summed E-state index contributed by atoms with van der Waals surface area (Å²) in [6.07, 6.45) is 5.09. The molecule has 2 N–H and O–H groups in total. The van der Waals surface area contributed by atoms with Gasteiger partial charge in [0.05, 0.1) is 17.1 Å². The molecule has 5 rings (SSSR count). The molecule has 0 saturated carbocycles. The normalized spacial score (nSPS) is 14.1. The molecule has 0 spiro atoms. The molecule has 1 aliphatic rings. The minimum atomic E-state index is -4.00. The van der Waals surface area contributed by atoms with E-state index in [9.17, 15) is 8.42 Å². The molecule has 35 heavy (non-hydrogen) atoms. The quantitative estimate of drug-likeness (QED) is 0.280. The van der Waals surface area contributed by atoms with Gasteiger partial charge in [0.15, 0.2) is 0 Å². The lowest BCUT2D eigenvalue weighted by Gasteiger charge is -2.30. The van der Waals surface area contributed by atoms with Crippen molar-refractivity contribution in [2.45, 2.75) is 19.4 Å². The van der Waals surface area contributed by atoms with Gasteiger partial charge in [-0.25, -0.2) is 9.71 Å². The Kier molecular flexibility index (Phi) is 7.04. The maximum absolute atomic E-state index is 12.8. The first kappa shape index (κ1) is 23.8. The second-order valence-electron chi connectivity index (χ2n) is 8.10. The predicted molar refractivity (Wildman–Crippen MR) is 138 cm³/mol. The first-order chi connectivity index (χ1) is 17.0. The van der Waals surface area contributed by atoms with Gasteiger partial charge in [0.25, 0.3) is 0 Å². The number of benzene rings is 2. The van der Waals surface area contributed by atoms with Crippen molar-refractivity contribution >= 4 is 55.1 Å². The number of hydrogen-bond acceptors (Lipinski definition) is 9. The summed E-state index contributed by atoms with van der Waals surface area (Å²) in [6.45, 7) is 4.59. The Balaban J connectivity index is 1.30. The van der Waals surface area contributed by atoms with E-state index in [-0.39, 0.29) is 11.7 Å². The van der Waals surface area contributed by atoms with E-state index >= 15 is 0 Å². The Morgan fingerprint density at radius 2 is 2.09 bits per heavy atom. The van der Waals surface area contributed by atoms with Crippen molar-refractivity contribution < 1.29 is 13.2 Å². The number of hydrogen-bond donors (Lipinski definition) is 2. The molecule has 4 aromatic rings. The molecule has 1 fully saturated rings. The van der Waals surface area contributed by atoms with Crippen LogP contribution in [0.3, 0.4) is 0 Å². The van der Waals surface area contributed by atoms with Gasteiger partial charge in [0.1, 0.15) is 18.7 Å². The van der Waals surface area contributed by atoms with Crippen LogP contribution in [-0.2, 0) is 16.8 Å². The monoisotopic (exact) mass is 533 g/mol. The minimum absolute atomic E-state index is 0.161. The van der Waals surface area contributed by atoms with Crippen molar-refractivity contribution in [3.63, 3.8) is 0 Å². The summed E-state index contributed by atoms with van der Waals surface area (Å²) in [4.78, 5) is 6.30. The second kappa shape index (κ2) is 10.4. The lowest BCUT2D eigenvalue weighted by atomic mass is 10.1. The Morgan fingerprint density at radius 1 is 1.20 bits per heavy atom. The van der Waals surface area contributed by atoms with Crippen LogP contribution in [0.4, 0.5) is 10.8 Å². The van der Waals surface area contributed by atoms with Crippen LogP contribution in [0.2, 0.25) is 5.02 Å². The first-order valence-corrected chi connectivity index (χ1v) is 13.7. The highest BCUT2D eigenvalue weighted by Crippen LogP contribution is 2.29. The Bertz CT molecular complexity index is 1410. The zero-order chi connectivity index (χ0) is 24.3. The van der Waals surface area contributed by atoms with Crippen LogP contribution in [-0.4, -0.2) is 58.0 Å². The van der Waals surface area contributed by atoms with Crippen LogP contribution in [0, 0.1) is 0 Å². The van der Waals surface area contributed by atoms with Crippen molar-refractivity contribution in [2.24, 2.45) is 0 Å². The van der Waals surface area contributed by atoms with E-state index in [1.54, 1.807) is 18.2 Å². The SMILES string of the molecule is O=S(=O)(Nc1ncns1)n1ncc2c(OCc3ccc(Cl)cc3NCCCN3CCC3)cccc21. The highest BCUT2D eigenvalue weighted by molar-refractivity contribution is 7.91. The van der Waals surface area contributed by atoms with Gasteiger partial charge in [0.2, 0.25) is 5.13 Å². The molecular weight excluding hydrogens is 510 g/mol. The van der Waals surface area contributed by atoms with Crippen molar-refractivity contribution in [2.75, 3.05) is 36.2 Å². The zero-order valence-electron chi connectivity index (χ0n) is 18.7. The third kappa shape index (κ3) is 5.50. The van der Waals surface area contributed by atoms with Crippen molar-refractivity contribution in [1.82, 2.24) is 23.4 Å². The number of ether oxygens (including phenoxy) is 1. The van der Waals surface area contributed by atoms with Gasteiger partial charge >= 0.3 is 10.2 Å². The number of likely N-dealkylation sites (tertiary alicyclic amines) is 1. The van der Waals surface area contributed by atoms with Crippen LogP contribution in [0.1, 0.15) is 18.4 Å². The smallest absolute Gasteiger partial charge is 0.345 e. The lowest BCUT2D eigenvalue weighted by Crippen LogP contribution is -2.38. The Morgan fingerprint density at radius 3 is 2.86 bits per heavy atom. The van der Waals surface area contributed by atoms with Gasteiger partial charge in [0, 0.05) is 34.4 Å². The van der Waals surface area contributed by atoms with Gasteiger partial charge in [-0.2, -0.15) is 17.9 Å². The number of nitrogens with one attached hydrogen (secondary N) is 2. The standard InChI is InChI=1S/C22H24ClN7O3S2/c23-17-7-6-16(19(12-17)24-8-2-9-29-10-3-11-29)14-33-21-5-1-4-20-18(21)13-26-30(20)35(31,32)28-22-25-15-27-34-22/h1,4-7,12-13,15,24H,2-3,8-11,14H2,(H,25,27,28). The molecule has 2 aromatic carbocycles. The summed E-state index contributed by atoms with van der Waals surface area (Å²) < 4.78 is 38.8. The van der Waals surface area contributed by atoms with E-state index in [1.807, 2.05) is 18.2 Å². The molecular formula is C22H24ClN7O3S2. The molecule has 2 aromatic heterocycles. The molecule has 0 amide bonds. The number of fused-ring (bicyclic) bond motifs is 1. The van der Waals surface area contributed by atoms with E-state index in [0.29, 0.717) is 21.7 Å². The molecule has 184 valence electrons. The van der Waals surface area contributed by atoms with E-state index < -0.39 is 10.2 Å². The first-order valence-electron chi connectivity index (χ1n) is 11.1. The van der Waals surface area contributed by atoms with Crippen molar-refractivity contribution in [1.29, 1.82) is 0 Å². The van der Waals surface area contributed by atoms with Crippen LogP contribution in [0.5, 0.6) is 5.75 Å². The minimum Gasteiger partial charge on any atom is -0.488 e. The van der Waals surface area contributed by atoms with Crippen molar-refractivity contribution in [3.05, 3.63) is 59.5 Å². The Labute approximate surface area is 212 Å². The molecule has 1 aliphatic heterocycles. The summed E-state index contributed by atoms with van der Waals surface area (Å²) in [5.41, 5.74) is 2.26. The molecule has 0 unspecified atom stereocenters. The predicted octanol–water partition coefficient (Wildman–Crippen LogP) is 3.83. The lowest BCUT2D eigenvalue weighted by molar-refractivity contribution is 0.181. The average molecular weight is 534 g/mol. The van der Waals surface area contributed by atoms with Gasteiger partial charge in [-0.1, -0.05) is 23.7 Å². The summed E-state index contributed by atoms with van der Waals surface area (Å²) in [5, 5.41) is 8.93. The number of halogens is 1. The molecule has 0 radical (unpaired) electrons. The topological polar surface area (TPSA) is 114 Å². The van der Waals surface area contributed by atoms with Crippen LogP contribution in [0.15, 0.2) is 48.9 Å². The van der Waals surface area contributed by atoms with Crippen molar-refractivity contribution in [3.8, 4) is 5.75 Å². The molecule has 13 heteroatoms. The van der Waals surface area contributed by atoms with E-state index in [2.05, 4.69) is 29.4 Å². The average Bonchev–Trinajstić information content (AvgIpc) is 3.47. The van der Waals surface area contributed by atoms with E-state index in [0.717, 1.165) is 46.4 Å². The van der Waals surface area contributed by atoms with Gasteiger partial charge in [-0.15, -0.1) is 4.09 Å². The van der Waals surface area contributed by atoms with E-state index in [1.165, 1.54) is 32.0 Å². The molecule has 0 bridgehead atoms. The number of nitrogens with zero attached hydrogens (tertiary/aromatic N) is 5. The zero-order valence-corrected chi connectivity index (χ0v) is 21.1. The maximum atomic E-state index is 12.8. The van der Waals surface area contributed by atoms with Gasteiger partial charge in [-0.3, -0.25) is 0 Å². The highest BCUT2D eigenvalue weighted by Gasteiger charge is 2.20. The van der Waals surface area contributed by atoms with Crippen LogP contribution >= 0.6 is 23.1 Å². The Hall–Kier alpha value is -2.93. The molecule has 1 saturated heterocycles. The van der Waals surface area contributed by atoms with Crippen LogP contribution < -0.4 is 14.8 Å². The van der Waals surface area contributed by atoms with Gasteiger partial charge < -0.3 is 15.0 Å². The highest BCUT2D eigenvalue weighted by atomic mass is 35.5. The third-order valence-corrected chi connectivity index (χ3v) is 7.86.